The van der Waals surface area contributed by atoms with Gasteiger partial charge in [-0.3, -0.25) is 10.1 Å². The number of nitro benzene ring substituents is 1. The maximum atomic E-state index is 13.5. The molecule has 0 atom stereocenters. The van der Waals surface area contributed by atoms with Crippen molar-refractivity contribution in [1.82, 2.24) is 25.3 Å². The average molecular weight is 567 g/mol. The number of nitrogens with one attached hydrogen (secondary N) is 4. The smallest absolute Gasteiger partial charge is 0.300 e. The first-order valence-electron chi connectivity index (χ1n) is 13.7. The molecular formula is C27H35FN10O3. The molecule has 2 aromatic heterocycles. The number of aromatic nitrogens is 5. The fourth-order valence-electron chi connectivity index (χ4n) is 4.08. The molecule has 0 saturated heterocycles. The van der Waals surface area contributed by atoms with Gasteiger partial charge in [0.25, 0.3) is 0 Å². The Hall–Kier alpha value is -4.62. The Morgan fingerprint density at radius 2 is 1.51 bits per heavy atom. The maximum absolute atomic E-state index is 13.5. The summed E-state index contributed by atoms with van der Waals surface area (Å²) >= 11 is 0. The highest BCUT2D eigenvalue weighted by molar-refractivity contribution is 5.93. The van der Waals surface area contributed by atoms with Crippen molar-refractivity contribution in [3.8, 4) is 0 Å². The quantitative estimate of drug-likeness (QED) is 0.0709. The number of unbranched alkanes of at least 4 members (excludes halogenated alkanes) is 3. The van der Waals surface area contributed by atoms with Gasteiger partial charge in [-0.2, -0.15) is 15.0 Å². The lowest BCUT2D eigenvalue weighted by Crippen LogP contribution is -2.14. The molecule has 0 amide bonds. The second-order valence-corrected chi connectivity index (χ2v) is 10.0. The Kier molecular flexibility index (Phi) is 10.5. The molecule has 0 aliphatic rings. The van der Waals surface area contributed by atoms with Gasteiger partial charge in [0.15, 0.2) is 5.52 Å². The lowest BCUT2D eigenvalue weighted by molar-refractivity contribution is -0.383. The number of rotatable bonds is 17. The van der Waals surface area contributed by atoms with Gasteiger partial charge in [0, 0.05) is 32.2 Å². The molecule has 41 heavy (non-hydrogen) atoms. The number of nitrogens with zero attached hydrogens (tertiary/aromatic N) is 6. The predicted molar refractivity (Wildman–Crippen MR) is 155 cm³/mol. The van der Waals surface area contributed by atoms with Gasteiger partial charge in [0.2, 0.25) is 23.4 Å². The number of fused-ring (bicyclic) bond motifs is 1. The number of benzene rings is 2. The number of hydrogen-bond acceptors (Lipinski definition) is 12. The maximum Gasteiger partial charge on any atom is 0.300 e. The van der Waals surface area contributed by atoms with Gasteiger partial charge in [0.05, 0.1) is 10.6 Å². The highest BCUT2D eigenvalue weighted by Crippen LogP contribution is 2.28. The fourth-order valence-corrected chi connectivity index (χ4v) is 4.08. The van der Waals surface area contributed by atoms with Crippen LogP contribution in [0.25, 0.3) is 11.0 Å². The topological polar surface area (TPSA) is 169 Å². The van der Waals surface area contributed by atoms with Crippen molar-refractivity contribution < 1.29 is 13.9 Å². The Labute approximate surface area is 236 Å². The normalized spacial score (nSPS) is 11.1. The van der Waals surface area contributed by atoms with Crippen LogP contribution in [0.2, 0.25) is 0 Å². The first-order valence-corrected chi connectivity index (χ1v) is 13.7. The van der Waals surface area contributed by atoms with E-state index in [1.165, 1.54) is 18.2 Å². The highest BCUT2D eigenvalue weighted by atomic mass is 19.1. The van der Waals surface area contributed by atoms with E-state index in [2.05, 4.69) is 60.4 Å². The first kappa shape index (κ1) is 29.4. The van der Waals surface area contributed by atoms with E-state index in [1.54, 1.807) is 12.1 Å². The number of hydrogen-bond donors (Lipinski definition) is 4. The molecule has 218 valence electrons. The van der Waals surface area contributed by atoms with E-state index < -0.39 is 4.92 Å². The molecule has 4 aromatic rings. The molecule has 2 aromatic carbocycles. The van der Waals surface area contributed by atoms with Crippen LogP contribution in [0.5, 0.6) is 0 Å². The molecule has 4 N–H and O–H groups in total. The Morgan fingerprint density at radius 3 is 2.20 bits per heavy atom. The molecule has 0 spiro atoms. The summed E-state index contributed by atoms with van der Waals surface area (Å²) in [5.41, 5.74) is 1.80. The van der Waals surface area contributed by atoms with E-state index in [0.717, 1.165) is 44.2 Å². The zero-order chi connectivity index (χ0) is 29.0. The van der Waals surface area contributed by atoms with Gasteiger partial charge in [-0.25, -0.2) is 9.02 Å². The number of halogens is 1. The molecule has 13 nitrogen and oxygen atoms in total. The predicted octanol–water partition coefficient (Wildman–Crippen LogP) is 5.61. The third-order valence-corrected chi connectivity index (χ3v) is 6.27. The van der Waals surface area contributed by atoms with E-state index in [0.29, 0.717) is 54.6 Å². The van der Waals surface area contributed by atoms with Crippen molar-refractivity contribution in [2.24, 2.45) is 5.92 Å². The summed E-state index contributed by atoms with van der Waals surface area (Å²) in [5.74, 6) is 1.63. The fraction of sp³-hybridized carbons (Fsp3) is 0.444. The average Bonchev–Trinajstić information content (AvgIpc) is 3.43. The van der Waals surface area contributed by atoms with E-state index in [1.807, 2.05) is 6.07 Å². The molecule has 0 unspecified atom stereocenters. The zero-order valence-electron chi connectivity index (χ0n) is 23.2. The molecule has 0 radical (unpaired) electrons. The Morgan fingerprint density at radius 1 is 0.854 bits per heavy atom. The second kappa shape index (κ2) is 14.7. The van der Waals surface area contributed by atoms with Crippen molar-refractivity contribution in [2.75, 3.05) is 40.9 Å². The summed E-state index contributed by atoms with van der Waals surface area (Å²) in [6.45, 7) is 6.84. The van der Waals surface area contributed by atoms with Crippen LogP contribution in [-0.4, -0.2) is 49.8 Å². The largest absolute Gasteiger partial charge is 0.383 e. The third kappa shape index (κ3) is 8.95. The number of nitro groups is 1. The van der Waals surface area contributed by atoms with Crippen LogP contribution in [0, 0.1) is 21.8 Å². The van der Waals surface area contributed by atoms with E-state index in [4.69, 9.17) is 4.63 Å². The number of non-ortho nitro benzene ring substituents is 1. The standard InChI is InChI=1S/C27H35FN10O3/c1-18(2)12-15-31-26-33-25(34-27(35-26)32-17-19-8-7-9-20(28)16-19)30-14-6-4-3-5-13-29-21-10-11-22(38(39)40)24-23(21)36-41-37-24/h7-11,16,18,29H,3-6,12-15,17H2,1-2H3,(H3,30,31,32,33,34,35). The van der Waals surface area contributed by atoms with Crippen molar-refractivity contribution in [1.29, 1.82) is 0 Å². The van der Waals surface area contributed by atoms with Crippen molar-refractivity contribution >= 4 is 40.3 Å². The van der Waals surface area contributed by atoms with Crippen LogP contribution in [0.15, 0.2) is 41.0 Å². The molecule has 4 rings (SSSR count). The molecule has 0 saturated carbocycles. The van der Waals surface area contributed by atoms with Crippen molar-refractivity contribution in [3.05, 3.63) is 57.9 Å². The van der Waals surface area contributed by atoms with Crippen molar-refractivity contribution in [2.45, 2.75) is 52.5 Å². The van der Waals surface area contributed by atoms with E-state index in [9.17, 15) is 14.5 Å². The minimum absolute atomic E-state index is 0.134. The van der Waals surface area contributed by atoms with Crippen LogP contribution in [0.3, 0.4) is 0 Å². The minimum Gasteiger partial charge on any atom is -0.383 e. The molecular weight excluding hydrogens is 531 g/mol. The SMILES string of the molecule is CC(C)CCNc1nc(NCCCCCCNc2ccc([N+](=O)[O-])c3nonc23)nc(NCc2cccc(F)c2)n1. The van der Waals surface area contributed by atoms with Gasteiger partial charge in [-0.05, 0) is 59.3 Å². The third-order valence-electron chi connectivity index (χ3n) is 6.27. The molecule has 0 fully saturated rings. The van der Waals surface area contributed by atoms with Gasteiger partial charge in [0.1, 0.15) is 5.82 Å². The molecule has 0 aliphatic carbocycles. The monoisotopic (exact) mass is 566 g/mol. The lowest BCUT2D eigenvalue weighted by atomic mass is 10.1. The summed E-state index contributed by atoms with van der Waals surface area (Å²) in [5, 5.41) is 31.5. The van der Waals surface area contributed by atoms with Crippen LogP contribution < -0.4 is 21.3 Å². The number of anilines is 4. The van der Waals surface area contributed by atoms with Crippen LogP contribution in [0.1, 0.15) is 51.5 Å². The van der Waals surface area contributed by atoms with Gasteiger partial charge in [-0.1, -0.05) is 38.8 Å². The van der Waals surface area contributed by atoms with Crippen LogP contribution >= 0.6 is 0 Å². The van der Waals surface area contributed by atoms with Crippen LogP contribution in [0.4, 0.5) is 33.6 Å². The van der Waals surface area contributed by atoms with E-state index >= 15 is 0 Å². The second-order valence-electron chi connectivity index (χ2n) is 10.0. The lowest BCUT2D eigenvalue weighted by Gasteiger charge is -2.12. The first-order chi connectivity index (χ1) is 19.9. The molecule has 14 heteroatoms. The molecule has 0 aliphatic heterocycles. The van der Waals surface area contributed by atoms with Gasteiger partial charge in [-0.15, -0.1) is 0 Å². The summed E-state index contributed by atoms with van der Waals surface area (Å²) in [4.78, 5) is 24.1. The Balaban J connectivity index is 1.22. The summed E-state index contributed by atoms with van der Waals surface area (Å²) in [7, 11) is 0. The summed E-state index contributed by atoms with van der Waals surface area (Å²) < 4.78 is 18.2. The molecule has 0 bridgehead atoms. The van der Waals surface area contributed by atoms with E-state index in [-0.39, 0.29) is 17.0 Å². The summed E-state index contributed by atoms with van der Waals surface area (Å²) in [6, 6.07) is 9.42. The van der Waals surface area contributed by atoms with Gasteiger partial charge >= 0.3 is 5.69 Å². The van der Waals surface area contributed by atoms with Gasteiger partial charge < -0.3 is 21.3 Å². The minimum atomic E-state index is -0.504. The molecule has 2 heterocycles. The summed E-state index contributed by atoms with van der Waals surface area (Å²) in [6.07, 6.45) is 4.79. The highest BCUT2D eigenvalue weighted by Gasteiger charge is 2.19. The van der Waals surface area contributed by atoms with Crippen molar-refractivity contribution in [3.63, 3.8) is 0 Å². The zero-order valence-corrected chi connectivity index (χ0v) is 23.2. The van der Waals surface area contributed by atoms with Crippen LogP contribution in [-0.2, 0) is 6.54 Å². The Bertz CT molecular complexity index is 1430.